The number of nitrogens with one attached hydrogen (secondary N) is 2. The van der Waals surface area contributed by atoms with Gasteiger partial charge < -0.3 is 20.0 Å². The number of nitrogens with zero attached hydrogens (tertiary/aromatic N) is 1. The average molecular weight is 371 g/mol. The number of benzene rings is 1. The van der Waals surface area contributed by atoms with Gasteiger partial charge in [0, 0.05) is 30.6 Å². The number of amides is 3. The van der Waals surface area contributed by atoms with Gasteiger partial charge in [-0.15, -0.1) is 0 Å². The van der Waals surface area contributed by atoms with Crippen LogP contribution in [-0.2, 0) is 11.3 Å². The summed E-state index contributed by atoms with van der Waals surface area (Å²) in [5.74, 6) is 1.09. The Morgan fingerprint density at radius 3 is 2.56 bits per heavy atom. The number of carbonyl (C=O) groups is 2. The summed E-state index contributed by atoms with van der Waals surface area (Å²) >= 11 is 0. The molecule has 0 radical (unpaired) electrons. The predicted octanol–water partition coefficient (Wildman–Crippen LogP) is 3.04. The van der Waals surface area contributed by atoms with Crippen LogP contribution in [0, 0.1) is 5.82 Å². The lowest BCUT2D eigenvalue weighted by molar-refractivity contribution is -0.120. The third-order valence-corrected chi connectivity index (χ3v) is 5.45. The Balaban J connectivity index is 1.29. The molecule has 2 N–H and O–H groups in total. The average Bonchev–Trinajstić information content (AvgIpc) is 3.28. The molecule has 0 bridgehead atoms. The Bertz CT molecular complexity index is 838. The molecule has 0 unspecified atom stereocenters. The minimum atomic E-state index is -0.293. The van der Waals surface area contributed by atoms with E-state index in [1.165, 1.54) is 12.1 Å². The normalized spacial score (nSPS) is 18.6. The summed E-state index contributed by atoms with van der Waals surface area (Å²) in [6.07, 6.45) is 3.03. The van der Waals surface area contributed by atoms with Crippen molar-refractivity contribution >= 4 is 11.9 Å². The lowest BCUT2D eigenvalue weighted by Gasteiger charge is -2.39. The van der Waals surface area contributed by atoms with E-state index < -0.39 is 0 Å². The summed E-state index contributed by atoms with van der Waals surface area (Å²) in [5, 5.41) is 5.95. The van der Waals surface area contributed by atoms with Crippen LogP contribution in [0.5, 0.6) is 0 Å². The molecule has 1 aromatic heterocycles. The highest BCUT2D eigenvalue weighted by atomic mass is 19.1. The molecule has 3 amide bonds. The van der Waals surface area contributed by atoms with E-state index in [4.69, 9.17) is 4.42 Å². The number of rotatable bonds is 3. The number of carbonyl (C=O) groups excluding carboxylic acids is 2. The van der Waals surface area contributed by atoms with Crippen LogP contribution in [0.25, 0.3) is 11.3 Å². The van der Waals surface area contributed by atoms with Gasteiger partial charge in [-0.2, -0.15) is 0 Å². The van der Waals surface area contributed by atoms with E-state index in [-0.39, 0.29) is 23.3 Å². The van der Waals surface area contributed by atoms with E-state index in [1.807, 2.05) is 6.07 Å². The van der Waals surface area contributed by atoms with Crippen molar-refractivity contribution < 1.29 is 18.4 Å². The second-order valence-electron chi connectivity index (χ2n) is 7.25. The van der Waals surface area contributed by atoms with Crippen LogP contribution in [0.2, 0.25) is 0 Å². The van der Waals surface area contributed by atoms with Crippen molar-refractivity contribution in [1.82, 2.24) is 15.5 Å². The molecule has 2 aliphatic rings. The first-order chi connectivity index (χ1) is 13.0. The SMILES string of the molecule is O=C1CCC2(CCN(C(=O)NCc3ccc(-c4ccc(F)cc4)o3)CC2)N1. The molecule has 0 atom stereocenters. The van der Waals surface area contributed by atoms with Crippen LogP contribution in [0.4, 0.5) is 9.18 Å². The molecule has 1 spiro atoms. The maximum absolute atomic E-state index is 13.0. The smallest absolute Gasteiger partial charge is 0.317 e. The molecule has 27 heavy (non-hydrogen) atoms. The fourth-order valence-electron chi connectivity index (χ4n) is 3.80. The van der Waals surface area contributed by atoms with Gasteiger partial charge in [0.1, 0.15) is 17.3 Å². The van der Waals surface area contributed by atoms with Crippen molar-refractivity contribution in [3.8, 4) is 11.3 Å². The van der Waals surface area contributed by atoms with Gasteiger partial charge in [-0.1, -0.05) is 0 Å². The number of piperidine rings is 1. The molecule has 4 rings (SSSR count). The molecule has 3 heterocycles. The molecular formula is C20H22FN3O3. The van der Waals surface area contributed by atoms with Crippen molar-refractivity contribution in [3.63, 3.8) is 0 Å². The molecule has 1 aromatic carbocycles. The van der Waals surface area contributed by atoms with Crippen molar-refractivity contribution in [1.29, 1.82) is 0 Å². The lowest BCUT2D eigenvalue weighted by atomic mass is 9.86. The fraction of sp³-hybridized carbons (Fsp3) is 0.400. The van der Waals surface area contributed by atoms with E-state index in [0.717, 1.165) is 24.8 Å². The maximum Gasteiger partial charge on any atom is 0.317 e. The zero-order valence-corrected chi connectivity index (χ0v) is 15.0. The summed E-state index contributed by atoms with van der Waals surface area (Å²) < 4.78 is 18.7. The Morgan fingerprint density at radius 1 is 1.15 bits per heavy atom. The van der Waals surface area contributed by atoms with E-state index in [0.29, 0.717) is 37.6 Å². The van der Waals surface area contributed by atoms with E-state index in [9.17, 15) is 14.0 Å². The molecule has 2 aromatic rings. The molecular weight excluding hydrogens is 349 g/mol. The van der Waals surface area contributed by atoms with Crippen molar-refractivity contribution in [2.45, 2.75) is 37.8 Å². The fourth-order valence-corrected chi connectivity index (χ4v) is 3.80. The Kier molecular flexibility index (Phi) is 4.59. The van der Waals surface area contributed by atoms with E-state index in [2.05, 4.69) is 10.6 Å². The van der Waals surface area contributed by atoms with Crippen LogP contribution in [0.15, 0.2) is 40.8 Å². The van der Waals surface area contributed by atoms with Crippen LogP contribution in [-0.4, -0.2) is 35.5 Å². The molecule has 7 heteroatoms. The quantitative estimate of drug-likeness (QED) is 0.871. The first kappa shape index (κ1) is 17.6. The maximum atomic E-state index is 13.0. The second kappa shape index (κ2) is 7.06. The molecule has 142 valence electrons. The molecule has 6 nitrogen and oxygen atoms in total. The van der Waals surface area contributed by atoms with Gasteiger partial charge in [0.25, 0.3) is 0 Å². The summed E-state index contributed by atoms with van der Waals surface area (Å²) in [7, 11) is 0. The van der Waals surface area contributed by atoms with Gasteiger partial charge in [0.05, 0.1) is 6.54 Å². The summed E-state index contributed by atoms with van der Waals surface area (Å²) in [6, 6.07) is 9.56. The van der Waals surface area contributed by atoms with Crippen molar-refractivity contribution in [3.05, 3.63) is 48.0 Å². The van der Waals surface area contributed by atoms with Gasteiger partial charge >= 0.3 is 6.03 Å². The zero-order valence-electron chi connectivity index (χ0n) is 15.0. The Morgan fingerprint density at radius 2 is 1.89 bits per heavy atom. The molecule has 2 aliphatic heterocycles. The Hall–Kier alpha value is -2.83. The number of hydrogen-bond donors (Lipinski definition) is 2. The minimum Gasteiger partial charge on any atom is -0.459 e. The number of halogens is 1. The van der Waals surface area contributed by atoms with Gasteiger partial charge in [0.2, 0.25) is 5.91 Å². The second-order valence-corrected chi connectivity index (χ2v) is 7.25. The first-order valence-electron chi connectivity index (χ1n) is 9.21. The molecule has 2 saturated heterocycles. The Labute approximate surface area is 156 Å². The van der Waals surface area contributed by atoms with Gasteiger partial charge in [-0.25, -0.2) is 9.18 Å². The summed E-state index contributed by atoms with van der Waals surface area (Å²) in [6.45, 7) is 1.55. The first-order valence-corrected chi connectivity index (χ1v) is 9.21. The number of urea groups is 1. The van der Waals surface area contributed by atoms with Crippen LogP contribution in [0.1, 0.15) is 31.4 Å². The minimum absolute atomic E-state index is 0.112. The predicted molar refractivity (Wildman–Crippen MR) is 97.3 cm³/mol. The third kappa shape index (κ3) is 3.82. The van der Waals surface area contributed by atoms with Crippen LogP contribution in [0.3, 0.4) is 0 Å². The topological polar surface area (TPSA) is 74.6 Å². The highest BCUT2D eigenvalue weighted by Gasteiger charge is 2.40. The zero-order chi connectivity index (χ0) is 18.9. The van der Waals surface area contributed by atoms with Crippen LogP contribution >= 0.6 is 0 Å². The highest BCUT2D eigenvalue weighted by Crippen LogP contribution is 2.31. The number of hydrogen-bond acceptors (Lipinski definition) is 3. The van der Waals surface area contributed by atoms with Gasteiger partial charge in [0.15, 0.2) is 0 Å². The van der Waals surface area contributed by atoms with Crippen molar-refractivity contribution in [2.24, 2.45) is 0 Å². The largest absolute Gasteiger partial charge is 0.459 e. The molecule has 0 saturated carbocycles. The van der Waals surface area contributed by atoms with Crippen LogP contribution < -0.4 is 10.6 Å². The van der Waals surface area contributed by atoms with Crippen molar-refractivity contribution in [2.75, 3.05) is 13.1 Å². The summed E-state index contributed by atoms with van der Waals surface area (Å²) in [4.78, 5) is 25.7. The highest BCUT2D eigenvalue weighted by molar-refractivity contribution is 5.79. The monoisotopic (exact) mass is 371 g/mol. The van der Waals surface area contributed by atoms with Gasteiger partial charge in [-0.3, -0.25) is 4.79 Å². The lowest BCUT2D eigenvalue weighted by Crippen LogP contribution is -2.53. The van der Waals surface area contributed by atoms with Gasteiger partial charge in [-0.05, 0) is 55.7 Å². The molecule has 0 aliphatic carbocycles. The van der Waals surface area contributed by atoms with E-state index >= 15 is 0 Å². The number of furan rings is 1. The standard InChI is InChI=1S/C20H22FN3O3/c21-15-3-1-14(2-4-15)17-6-5-16(27-17)13-22-19(26)24-11-9-20(10-12-24)8-7-18(25)23-20/h1-6H,7-13H2,(H,22,26)(H,23,25). The number of likely N-dealkylation sites (tertiary alicyclic amines) is 1. The molecule has 2 fully saturated rings. The third-order valence-electron chi connectivity index (χ3n) is 5.45. The van der Waals surface area contributed by atoms with E-state index in [1.54, 1.807) is 23.1 Å². The summed E-state index contributed by atoms with van der Waals surface area (Å²) in [5.41, 5.74) is 0.674.